The average molecular weight is 214 g/mol. The third-order valence-corrected chi connectivity index (χ3v) is 2.49. The fourth-order valence-corrected chi connectivity index (χ4v) is 1.70. The summed E-state index contributed by atoms with van der Waals surface area (Å²) >= 11 is 0. The molecule has 1 saturated heterocycles. The molecule has 1 aromatic rings. The SMILES string of the molecule is FC(F)(F)c1cccc(N2C[CH]CC2)c1. The molecule has 0 spiro atoms. The van der Waals surface area contributed by atoms with Gasteiger partial charge in [0.1, 0.15) is 0 Å². The minimum atomic E-state index is -4.25. The Hall–Kier alpha value is -1.19. The highest BCUT2D eigenvalue weighted by Crippen LogP contribution is 2.32. The zero-order chi connectivity index (χ0) is 10.9. The second-order valence-electron chi connectivity index (χ2n) is 3.57. The lowest BCUT2D eigenvalue weighted by Gasteiger charge is -2.18. The maximum atomic E-state index is 12.4. The standard InChI is InChI=1S/C11H11F3N/c12-11(13,14)9-4-3-5-10(8-9)15-6-1-2-7-15/h1,3-5,8H,2,6-7H2. The number of halogens is 3. The second kappa shape index (κ2) is 3.76. The Morgan fingerprint density at radius 2 is 2.00 bits per heavy atom. The van der Waals surface area contributed by atoms with Crippen molar-refractivity contribution < 1.29 is 13.2 Å². The van der Waals surface area contributed by atoms with Crippen LogP contribution in [0.4, 0.5) is 18.9 Å². The monoisotopic (exact) mass is 214 g/mol. The third kappa shape index (κ3) is 2.25. The molecule has 0 amide bonds. The smallest absolute Gasteiger partial charge is 0.371 e. The molecule has 4 heteroatoms. The first-order chi connectivity index (χ1) is 7.07. The van der Waals surface area contributed by atoms with E-state index in [1.807, 2.05) is 4.90 Å². The van der Waals surface area contributed by atoms with E-state index >= 15 is 0 Å². The zero-order valence-corrected chi connectivity index (χ0v) is 8.09. The fourth-order valence-electron chi connectivity index (χ4n) is 1.70. The van der Waals surface area contributed by atoms with Gasteiger partial charge in [-0.15, -0.1) is 0 Å². The van der Waals surface area contributed by atoms with Crippen LogP contribution < -0.4 is 4.90 Å². The number of hydrogen-bond donors (Lipinski definition) is 0. The summed E-state index contributed by atoms with van der Waals surface area (Å²) in [5.41, 5.74) is 0.0745. The van der Waals surface area contributed by atoms with Gasteiger partial charge < -0.3 is 4.90 Å². The number of rotatable bonds is 1. The molecular weight excluding hydrogens is 203 g/mol. The van der Waals surface area contributed by atoms with Gasteiger partial charge in [-0.05, 0) is 31.0 Å². The van der Waals surface area contributed by atoms with Crippen LogP contribution in [0, 0.1) is 6.42 Å². The molecule has 81 valence electrons. The second-order valence-corrected chi connectivity index (χ2v) is 3.57. The molecule has 1 aliphatic rings. The number of benzene rings is 1. The molecule has 1 radical (unpaired) electrons. The summed E-state index contributed by atoms with van der Waals surface area (Å²) in [5.74, 6) is 0. The van der Waals surface area contributed by atoms with Crippen LogP contribution in [0.2, 0.25) is 0 Å². The molecule has 0 N–H and O–H groups in total. The topological polar surface area (TPSA) is 3.24 Å². The van der Waals surface area contributed by atoms with Crippen molar-refractivity contribution in [3.63, 3.8) is 0 Å². The van der Waals surface area contributed by atoms with Gasteiger partial charge in [0.2, 0.25) is 0 Å². The fraction of sp³-hybridized carbons (Fsp3) is 0.364. The highest BCUT2D eigenvalue weighted by Gasteiger charge is 2.30. The molecule has 1 fully saturated rings. The Morgan fingerprint density at radius 1 is 1.20 bits per heavy atom. The van der Waals surface area contributed by atoms with Crippen molar-refractivity contribution in [3.8, 4) is 0 Å². The highest BCUT2D eigenvalue weighted by molar-refractivity contribution is 5.50. The van der Waals surface area contributed by atoms with E-state index in [9.17, 15) is 13.2 Å². The van der Waals surface area contributed by atoms with Gasteiger partial charge in [0.15, 0.2) is 0 Å². The van der Waals surface area contributed by atoms with Crippen molar-refractivity contribution in [2.45, 2.75) is 12.6 Å². The van der Waals surface area contributed by atoms with Crippen LogP contribution in [0.1, 0.15) is 12.0 Å². The minimum Gasteiger partial charge on any atom is -0.371 e. The summed E-state index contributed by atoms with van der Waals surface area (Å²) in [5, 5.41) is 0. The van der Waals surface area contributed by atoms with Gasteiger partial charge in [0.25, 0.3) is 0 Å². The van der Waals surface area contributed by atoms with Crippen molar-refractivity contribution >= 4 is 5.69 Å². The molecule has 0 atom stereocenters. The van der Waals surface area contributed by atoms with E-state index in [4.69, 9.17) is 0 Å². The van der Waals surface area contributed by atoms with Gasteiger partial charge in [-0.2, -0.15) is 13.2 Å². The first kappa shape index (κ1) is 10.3. The number of anilines is 1. The average Bonchev–Trinajstić information content (AvgIpc) is 2.69. The molecule has 1 aliphatic heterocycles. The predicted molar refractivity (Wildman–Crippen MR) is 52.6 cm³/mol. The minimum absolute atomic E-state index is 0.577. The van der Waals surface area contributed by atoms with Crippen molar-refractivity contribution in [2.24, 2.45) is 0 Å². The zero-order valence-electron chi connectivity index (χ0n) is 8.09. The van der Waals surface area contributed by atoms with Crippen LogP contribution in [0.15, 0.2) is 24.3 Å². The van der Waals surface area contributed by atoms with Crippen molar-refractivity contribution in [1.82, 2.24) is 0 Å². The van der Waals surface area contributed by atoms with Gasteiger partial charge in [-0.3, -0.25) is 0 Å². The number of nitrogens with zero attached hydrogens (tertiary/aromatic N) is 1. The molecule has 2 rings (SSSR count). The first-order valence-electron chi connectivity index (χ1n) is 4.81. The lowest BCUT2D eigenvalue weighted by molar-refractivity contribution is -0.137. The van der Waals surface area contributed by atoms with Crippen molar-refractivity contribution in [3.05, 3.63) is 36.2 Å². The van der Waals surface area contributed by atoms with E-state index in [0.29, 0.717) is 5.69 Å². The van der Waals surface area contributed by atoms with Gasteiger partial charge in [-0.25, -0.2) is 0 Å². The van der Waals surface area contributed by atoms with E-state index in [-0.39, 0.29) is 0 Å². The van der Waals surface area contributed by atoms with Crippen molar-refractivity contribution in [1.29, 1.82) is 0 Å². The molecule has 0 aliphatic carbocycles. The number of hydrogen-bond acceptors (Lipinski definition) is 1. The largest absolute Gasteiger partial charge is 0.416 e. The molecule has 1 heterocycles. The van der Waals surface area contributed by atoms with Gasteiger partial charge >= 0.3 is 6.18 Å². The Kier molecular flexibility index (Phi) is 2.59. The molecule has 0 saturated carbocycles. The Morgan fingerprint density at radius 3 is 2.60 bits per heavy atom. The molecule has 0 unspecified atom stereocenters. The predicted octanol–water partition coefficient (Wildman–Crippen LogP) is 3.12. The van der Waals surface area contributed by atoms with Crippen LogP contribution in [-0.2, 0) is 6.18 Å². The van der Waals surface area contributed by atoms with E-state index in [2.05, 4.69) is 6.42 Å². The normalized spacial score (nSPS) is 17.1. The maximum Gasteiger partial charge on any atom is 0.416 e. The van der Waals surface area contributed by atoms with Crippen LogP contribution in [0.25, 0.3) is 0 Å². The van der Waals surface area contributed by atoms with E-state index in [1.165, 1.54) is 12.1 Å². The summed E-state index contributed by atoms with van der Waals surface area (Å²) in [6.07, 6.45) is -1.24. The van der Waals surface area contributed by atoms with E-state index < -0.39 is 11.7 Å². The lowest BCUT2D eigenvalue weighted by atomic mass is 10.2. The maximum absolute atomic E-state index is 12.4. The van der Waals surface area contributed by atoms with Gasteiger partial charge in [-0.1, -0.05) is 6.07 Å². The summed E-state index contributed by atoms with van der Waals surface area (Å²) in [4.78, 5) is 1.94. The molecule has 0 aromatic heterocycles. The molecule has 15 heavy (non-hydrogen) atoms. The Labute approximate surface area is 86.5 Å². The Balaban J connectivity index is 2.26. The summed E-state index contributed by atoms with van der Waals surface area (Å²) in [6.45, 7) is 1.54. The van der Waals surface area contributed by atoms with Crippen LogP contribution in [-0.4, -0.2) is 13.1 Å². The van der Waals surface area contributed by atoms with Gasteiger partial charge in [0, 0.05) is 18.8 Å². The van der Waals surface area contributed by atoms with E-state index in [1.54, 1.807) is 6.07 Å². The molecule has 0 bridgehead atoms. The molecule has 1 aromatic carbocycles. The summed E-state index contributed by atoms with van der Waals surface area (Å²) < 4.78 is 37.3. The van der Waals surface area contributed by atoms with Crippen LogP contribution in [0.5, 0.6) is 0 Å². The quantitative estimate of drug-likeness (QED) is 0.694. The van der Waals surface area contributed by atoms with Crippen LogP contribution >= 0.6 is 0 Å². The first-order valence-corrected chi connectivity index (χ1v) is 4.81. The lowest BCUT2D eigenvalue weighted by Crippen LogP contribution is -2.18. The third-order valence-electron chi connectivity index (χ3n) is 2.49. The summed E-state index contributed by atoms with van der Waals surface area (Å²) in [6, 6.07) is 5.48. The van der Waals surface area contributed by atoms with Crippen LogP contribution in [0.3, 0.4) is 0 Å². The Bertz CT molecular complexity index is 340. The highest BCUT2D eigenvalue weighted by atomic mass is 19.4. The molecular formula is C11H11F3N. The van der Waals surface area contributed by atoms with Gasteiger partial charge in [0.05, 0.1) is 5.56 Å². The van der Waals surface area contributed by atoms with Crippen molar-refractivity contribution in [2.75, 3.05) is 18.0 Å². The number of alkyl halides is 3. The summed E-state index contributed by atoms with van der Waals surface area (Å²) in [7, 11) is 0. The molecule has 1 nitrogen and oxygen atoms in total. The van der Waals surface area contributed by atoms with E-state index in [0.717, 1.165) is 25.6 Å².